The van der Waals surface area contributed by atoms with E-state index in [9.17, 15) is 4.79 Å². The number of amides is 1. The maximum Gasteiger partial charge on any atom is 0.254 e. The van der Waals surface area contributed by atoms with E-state index in [1.807, 2.05) is 41.9 Å². The highest BCUT2D eigenvalue weighted by Crippen LogP contribution is 2.34. The summed E-state index contributed by atoms with van der Waals surface area (Å²) in [5, 5.41) is 0. The van der Waals surface area contributed by atoms with E-state index in [1.165, 1.54) is 19.3 Å². The first-order chi connectivity index (χ1) is 13.8. The predicted molar refractivity (Wildman–Crippen MR) is 109 cm³/mol. The molecular weight excluding hydrogens is 372 g/mol. The summed E-state index contributed by atoms with van der Waals surface area (Å²) < 4.78 is 12.0. The number of thiazole rings is 1. The lowest BCUT2D eigenvalue weighted by atomic mass is 9.93. The van der Waals surface area contributed by atoms with Crippen LogP contribution in [0.25, 0.3) is 10.2 Å². The Kier molecular flexibility index (Phi) is 4.64. The highest BCUT2D eigenvalue weighted by atomic mass is 32.1. The number of nitrogens with zero attached hydrogens (tertiary/aromatic N) is 2. The number of benzene rings is 2. The molecule has 5 rings (SSSR count). The van der Waals surface area contributed by atoms with Gasteiger partial charge in [0.15, 0.2) is 11.5 Å². The Labute approximate surface area is 167 Å². The van der Waals surface area contributed by atoms with Gasteiger partial charge in [-0.15, -0.1) is 11.3 Å². The summed E-state index contributed by atoms with van der Waals surface area (Å²) in [5.41, 5.74) is 4.58. The van der Waals surface area contributed by atoms with Crippen molar-refractivity contribution < 1.29 is 14.3 Å². The molecule has 3 aromatic rings. The third kappa shape index (κ3) is 3.33. The Morgan fingerprint density at radius 2 is 1.93 bits per heavy atom. The summed E-state index contributed by atoms with van der Waals surface area (Å²) in [6, 6.07) is 12.1. The summed E-state index contributed by atoms with van der Waals surface area (Å²) >= 11 is 1.57. The lowest BCUT2D eigenvalue weighted by Crippen LogP contribution is -2.41. The fraction of sp³-hybridized carbons (Fsp3) is 0.364. The monoisotopic (exact) mass is 394 g/mol. The zero-order valence-corrected chi connectivity index (χ0v) is 16.4. The van der Waals surface area contributed by atoms with Crippen molar-refractivity contribution >= 4 is 27.5 Å². The Hall–Kier alpha value is -2.60. The van der Waals surface area contributed by atoms with Gasteiger partial charge >= 0.3 is 0 Å². The van der Waals surface area contributed by atoms with E-state index in [4.69, 9.17) is 9.47 Å². The van der Waals surface area contributed by atoms with E-state index in [1.54, 1.807) is 11.3 Å². The molecule has 2 aliphatic rings. The Balaban J connectivity index is 1.45. The van der Waals surface area contributed by atoms with Gasteiger partial charge < -0.3 is 14.4 Å². The summed E-state index contributed by atoms with van der Waals surface area (Å²) in [4.78, 5) is 19.9. The molecule has 1 fully saturated rings. The number of aromatic nitrogens is 1. The van der Waals surface area contributed by atoms with Gasteiger partial charge in [0.1, 0.15) is 0 Å². The molecule has 5 nitrogen and oxygen atoms in total. The zero-order valence-electron chi connectivity index (χ0n) is 15.6. The average molecular weight is 394 g/mol. The van der Waals surface area contributed by atoms with Crippen molar-refractivity contribution in [1.29, 1.82) is 0 Å². The van der Waals surface area contributed by atoms with E-state index in [0.29, 0.717) is 6.54 Å². The fourth-order valence-electron chi connectivity index (χ4n) is 4.15. The van der Waals surface area contributed by atoms with Gasteiger partial charge in [0.05, 0.1) is 15.7 Å². The molecule has 0 spiro atoms. The van der Waals surface area contributed by atoms with E-state index < -0.39 is 0 Å². The summed E-state index contributed by atoms with van der Waals surface area (Å²) in [5.74, 6) is 1.63. The van der Waals surface area contributed by atoms with Crippen LogP contribution in [0.4, 0.5) is 0 Å². The largest absolute Gasteiger partial charge is 0.454 e. The summed E-state index contributed by atoms with van der Waals surface area (Å²) in [6.07, 6.45) is 5.76. The second kappa shape index (κ2) is 7.43. The number of hydrogen-bond acceptors (Lipinski definition) is 5. The zero-order chi connectivity index (χ0) is 18.9. The van der Waals surface area contributed by atoms with Crippen LogP contribution in [0.3, 0.4) is 0 Å². The van der Waals surface area contributed by atoms with Crippen molar-refractivity contribution in [3.8, 4) is 11.5 Å². The highest BCUT2D eigenvalue weighted by molar-refractivity contribution is 7.16. The van der Waals surface area contributed by atoms with Crippen LogP contribution in [0.1, 0.15) is 48.0 Å². The van der Waals surface area contributed by atoms with E-state index >= 15 is 0 Å². The SMILES string of the molecule is O=C(c1ccc2ncsc2c1)N(Cc1ccc2c(c1)OCO2)C1CCCCC1. The number of hydrogen-bond donors (Lipinski definition) is 0. The number of carbonyl (C=O) groups excluding carboxylic acids is 1. The molecule has 2 aromatic carbocycles. The molecule has 1 aromatic heterocycles. The molecule has 0 atom stereocenters. The first-order valence-corrected chi connectivity index (χ1v) is 10.7. The number of fused-ring (bicyclic) bond motifs is 2. The minimum atomic E-state index is 0.0971. The molecule has 28 heavy (non-hydrogen) atoms. The van der Waals surface area contributed by atoms with Crippen LogP contribution >= 0.6 is 11.3 Å². The van der Waals surface area contributed by atoms with Crippen molar-refractivity contribution in [2.45, 2.75) is 44.7 Å². The lowest BCUT2D eigenvalue weighted by molar-refractivity contribution is 0.0614. The van der Waals surface area contributed by atoms with Crippen molar-refractivity contribution in [3.05, 3.63) is 53.0 Å². The molecule has 0 N–H and O–H groups in total. The topological polar surface area (TPSA) is 51.7 Å². The van der Waals surface area contributed by atoms with Gasteiger partial charge in [-0.2, -0.15) is 0 Å². The minimum Gasteiger partial charge on any atom is -0.454 e. The van der Waals surface area contributed by atoms with Crippen LogP contribution < -0.4 is 9.47 Å². The van der Waals surface area contributed by atoms with Gasteiger partial charge in [-0.25, -0.2) is 4.98 Å². The molecule has 1 aliphatic carbocycles. The standard InChI is InChI=1S/C22H22N2O3S/c25-22(16-7-8-18-21(11-16)28-13-23-18)24(17-4-2-1-3-5-17)12-15-6-9-19-20(10-15)27-14-26-19/h6-11,13,17H,1-5,12,14H2. The normalized spacial score (nSPS) is 16.4. The fourth-order valence-corrected chi connectivity index (χ4v) is 4.87. The summed E-state index contributed by atoms with van der Waals surface area (Å²) in [6.45, 7) is 0.847. The van der Waals surface area contributed by atoms with E-state index in [-0.39, 0.29) is 18.7 Å². The molecule has 6 heteroatoms. The van der Waals surface area contributed by atoms with Crippen LogP contribution in [-0.2, 0) is 6.54 Å². The van der Waals surface area contributed by atoms with Gasteiger partial charge in [-0.1, -0.05) is 25.3 Å². The van der Waals surface area contributed by atoms with Gasteiger partial charge in [0.2, 0.25) is 6.79 Å². The highest BCUT2D eigenvalue weighted by Gasteiger charge is 2.27. The molecule has 1 saturated carbocycles. The molecule has 0 bridgehead atoms. The molecule has 0 saturated heterocycles. The number of rotatable bonds is 4. The van der Waals surface area contributed by atoms with Gasteiger partial charge in [-0.3, -0.25) is 4.79 Å². The van der Waals surface area contributed by atoms with Gasteiger partial charge in [-0.05, 0) is 48.7 Å². The molecule has 144 valence electrons. The number of carbonyl (C=O) groups is 1. The van der Waals surface area contributed by atoms with Crippen LogP contribution in [0.5, 0.6) is 11.5 Å². The first-order valence-electron chi connectivity index (χ1n) is 9.81. The second-order valence-electron chi connectivity index (χ2n) is 7.45. The lowest BCUT2D eigenvalue weighted by Gasteiger charge is -2.34. The van der Waals surface area contributed by atoms with Gasteiger partial charge in [0, 0.05) is 18.2 Å². The number of ether oxygens (including phenoxy) is 2. The molecular formula is C22H22N2O3S. The van der Waals surface area contributed by atoms with Crippen molar-refractivity contribution in [2.75, 3.05) is 6.79 Å². The maximum atomic E-state index is 13.5. The third-order valence-electron chi connectivity index (χ3n) is 5.64. The molecule has 0 unspecified atom stereocenters. The average Bonchev–Trinajstić information content (AvgIpc) is 3.40. The van der Waals surface area contributed by atoms with E-state index in [2.05, 4.69) is 9.88 Å². The Morgan fingerprint density at radius 3 is 2.82 bits per heavy atom. The van der Waals surface area contributed by atoms with E-state index in [0.717, 1.165) is 45.7 Å². The summed E-state index contributed by atoms with van der Waals surface area (Å²) in [7, 11) is 0. The van der Waals surface area contributed by atoms with Crippen molar-refractivity contribution in [2.24, 2.45) is 0 Å². The Bertz CT molecular complexity index is 1010. The molecule has 0 radical (unpaired) electrons. The molecule has 2 heterocycles. The van der Waals surface area contributed by atoms with Crippen LogP contribution in [-0.4, -0.2) is 28.6 Å². The Morgan fingerprint density at radius 1 is 1.07 bits per heavy atom. The van der Waals surface area contributed by atoms with Crippen LogP contribution in [0.2, 0.25) is 0 Å². The predicted octanol–water partition coefficient (Wildman–Crippen LogP) is 5.00. The molecule has 1 amide bonds. The third-order valence-corrected chi connectivity index (χ3v) is 6.44. The second-order valence-corrected chi connectivity index (χ2v) is 8.33. The van der Waals surface area contributed by atoms with Crippen molar-refractivity contribution in [1.82, 2.24) is 9.88 Å². The smallest absolute Gasteiger partial charge is 0.254 e. The van der Waals surface area contributed by atoms with Gasteiger partial charge in [0.25, 0.3) is 5.91 Å². The molecule has 1 aliphatic heterocycles. The maximum absolute atomic E-state index is 13.5. The van der Waals surface area contributed by atoms with Crippen LogP contribution in [0, 0.1) is 0 Å². The van der Waals surface area contributed by atoms with Crippen molar-refractivity contribution in [3.63, 3.8) is 0 Å². The quantitative estimate of drug-likeness (QED) is 0.625. The minimum absolute atomic E-state index is 0.0971. The van der Waals surface area contributed by atoms with Crippen LogP contribution in [0.15, 0.2) is 41.9 Å². The first kappa shape index (κ1) is 17.5.